The quantitative estimate of drug-likeness (QED) is 0.278. The molecule has 0 atom stereocenters. The first kappa shape index (κ1) is 24.7. The second-order valence-corrected chi connectivity index (χ2v) is 7.62. The van der Waals surface area contributed by atoms with Crippen LogP contribution >= 0.6 is 24.0 Å². The minimum atomic E-state index is -0.0717. The van der Waals surface area contributed by atoms with Gasteiger partial charge in [0.1, 0.15) is 0 Å². The molecule has 2 aromatic heterocycles. The topological polar surface area (TPSA) is 100 Å². The molecule has 176 valence electrons. The van der Waals surface area contributed by atoms with Crippen molar-refractivity contribution in [3.63, 3.8) is 0 Å². The number of piperazine rings is 1. The van der Waals surface area contributed by atoms with Crippen molar-refractivity contribution in [1.29, 1.82) is 0 Å². The van der Waals surface area contributed by atoms with Crippen LogP contribution in [0.4, 0.5) is 0 Å². The van der Waals surface area contributed by atoms with Crippen molar-refractivity contribution in [3.05, 3.63) is 59.8 Å². The molecule has 0 unspecified atom stereocenters. The summed E-state index contributed by atoms with van der Waals surface area (Å²) in [5.74, 6) is 2.39. The van der Waals surface area contributed by atoms with E-state index in [4.69, 9.17) is 8.94 Å². The standard InChI is InChI=1S/C23H28N6O3.HI/c1-3-6-20-26-21(32-27-20)18-8-4-7-17(15-18)16-25-23(24-2)29-12-10-28(11-13-29)22(30)19-9-5-14-31-19;/h4-5,7-9,14-15H,3,6,10-13,16H2,1-2H3,(H,24,25);1H. The van der Waals surface area contributed by atoms with Gasteiger partial charge >= 0.3 is 0 Å². The summed E-state index contributed by atoms with van der Waals surface area (Å²) in [6.07, 6.45) is 3.31. The lowest BCUT2D eigenvalue weighted by molar-refractivity contribution is 0.0657. The molecule has 33 heavy (non-hydrogen) atoms. The molecule has 10 heteroatoms. The van der Waals surface area contributed by atoms with Crippen molar-refractivity contribution in [2.75, 3.05) is 33.2 Å². The number of furan rings is 1. The Balaban J connectivity index is 0.00000306. The summed E-state index contributed by atoms with van der Waals surface area (Å²) in [6, 6.07) is 11.5. The third kappa shape index (κ3) is 6.12. The van der Waals surface area contributed by atoms with E-state index >= 15 is 0 Å². The van der Waals surface area contributed by atoms with Crippen LogP contribution in [0, 0.1) is 0 Å². The van der Waals surface area contributed by atoms with Gasteiger partial charge in [-0.3, -0.25) is 9.79 Å². The Morgan fingerprint density at radius 2 is 1.94 bits per heavy atom. The Morgan fingerprint density at radius 1 is 1.15 bits per heavy atom. The molecule has 0 radical (unpaired) electrons. The Kier molecular flexibility index (Phi) is 8.87. The van der Waals surface area contributed by atoms with Gasteiger partial charge in [-0.1, -0.05) is 24.2 Å². The Hall–Kier alpha value is -2.89. The molecule has 1 saturated heterocycles. The number of hydrogen-bond donors (Lipinski definition) is 1. The summed E-state index contributed by atoms with van der Waals surface area (Å²) in [4.78, 5) is 25.3. The average Bonchev–Trinajstić information content (AvgIpc) is 3.53. The number of carbonyl (C=O) groups excluding carboxylic acids is 1. The van der Waals surface area contributed by atoms with Gasteiger partial charge in [-0.25, -0.2) is 0 Å². The lowest BCUT2D eigenvalue weighted by atomic mass is 10.1. The zero-order chi connectivity index (χ0) is 22.3. The van der Waals surface area contributed by atoms with Crippen LogP contribution in [0.25, 0.3) is 11.5 Å². The summed E-state index contributed by atoms with van der Waals surface area (Å²) in [5.41, 5.74) is 1.99. The average molecular weight is 564 g/mol. The van der Waals surface area contributed by atoms with E-state index in [9.17, 15) is 4.79 Å². The molecule has 3 aromatic rings. The van der Waals surface area contributed by atoms with Gasteiger partial charge in [0.25, 0.3) is 11.8 Å². The van der Waals surface area contributed by atoms with Crippen LogP contribution < -0.4 is 5.32 Å². The van der Waals surface area contributed by atoms with E-state index in [1.165, 1.54) is 6.26 Å². The molecule has 3 heterocycles. The van der Waals surface area contributed by atoms with E-state index < -0.39 is 0 Å². The van der Waals surface area contributed by atoms with Crippen LogP contribution in [-0.2, 0) is 13.0 Å². The van der Waals surface area contributed by atoms with Gasteiger partial charge in [0.05, 0.1) is 6.26 Å². The van der Waals surface area contributed by atoms with E-state index in [1.807, 2.05) is 29.2 Å². The van der Waals surface area contributed by atoms with Crippen molar-refractivity contribution >= 4 is 35.8 Å². The fourth-order valence-electron chi connectivity index (χ4n) is 3.70. The van der Waals surface area contributed by atoms with Crippen LogP contribution in [-0.4, -0.2) is 65.0 Å². The first-order valence-corrected chi connectivity index (χ1v) is 10.9. The molecule has 1 aromatic carbocycles. The molecule has 0 spiro atoms. The van der Waals surface area contributed by atoms with Crippen molar-refractivity contribution in [1.82, 2.24) is 25.3 Å². The molecule has 0 aliphatic carbocycles. The first-order valence-electron chi connectivity index (χ1n) is 10.9. The molecule has 0 saturated carbocycles. The van der Waals surface area contributed by atoms with Crippen molar-refractivity contribution < 1.29 is 13.7 Å². The fraction of sp³-hybridized carbons (Fsp3) is 0.391. The third-order valence-corrected chi connectivity index (χ3v) is 5.38. The number of aliphatic imine (C=N–C) groups is 1. The second kappa shape index (κ2) is 11.8. The van der Waals surface area contributed by atoms with Gasteiger partial charge in [-0.05, 0) is 36.2 Å². The predicted molar refractivity (Wildman–Crippen MR) is 136 cm³/mol. The summed E-state index contributed by atoms with van der Waals surface area (Å²) in [5, 5.41) is 7.45. The fourth-order valence-corrected chi connectivity index (χ4v) is 3.70. The molecular formula is C23H29IN6O3. The molecule has 9 nitrogen and oxygen atoms in total. The smallest absolute Gasteiger partial charge is 0.289 e. The van der Waals surface area contributed by atoms with E-state index in [2.05, 4.69) is 32.3 Å². The Bertz CT molecular complexity index is 1060. The number of benzene rings is 1. The number of hydrogen-bond acceptors (Lipinski definition) is 6. The van der Waals surface area contributed by atoms with E-state index in [0.717, 1.165) is 35.8 Å². The Labute approximate surface area is 210 Å². The zero-order valence-corrected chi connectivity index (χ0v) is 21.2. The summed E-state index contributed by atoms with van der Waals surface area (Å²) in [7, 11) is 1.77. The SMILES string of the molecule is CCCc1noc(-c2cccc(CNC(=NC)N3CCN(C(=O)c4ccco4)CC3)c2)n1.I. The third-order valence-electron chi connectivity index (χ3n) is 5.38. The molecule has 1 aliphatic heterocycles. The van der Waals surface area contributed by atoms with Gasteiger partial charge in [0, 0.05) is 51.8 Å². The number of nitrogens with zero attached hydrogens (tertiary/aromatic N) is 5. The van der Waals surface area contributed by atoms with Crippen LogP contribution in [0.3, 0.4) is 0 Å². The van der Waals surface area contributed by atoms with Gasteiger partial charge < -0.3 is 24.1 Å². The summed E-state index contributed by atoms with van der Waals surface area (Å²) < 4.78 is 10.6. The lowest BCUT2D eigenvalue weighted by Gasteiger charge is -2.36. The molecule has 1 amide bonds. The van der Waals surface area contributed by atoms with Crippen molar-refractivity contribution in [2.45, 2.75) is 26.3 Å². The van der Waals surface area contributed by atoms with Gasteiger partial charge in [0.2, 0.25) is 0 Å². The summed E-state index contributed by atoms with van der Waals surface area (Å²) >= 11 is 0. The largest absolute Gasteiger partial charge is 0.459 e. The molecule has 1 aliphatic rings. The van der Waals surface area contributed by atoms with E-state index in [0.29, 0.717) is 44.4 Å². The highest BCUT2D eigenvalue weighted by molar-refractivity contribution is 14.0. The van der Waals surface area contributed by atoms with Gasteiger partial charge in [-0.2, -0.15) is 4.98 Å². The number of guanidine groups is 1. The zero-order valence-electron chi connectivity index (χ0n) is 18.9. The highest BCUT2D eigenvalue weighted by Crippen LogP contribution is 2.19. The maximum absolute atomic E-state index is 12.5. The van der Waals surface area contributed by atoms with Crippen LogP contribution in [0.2, 0.25) is 0 Å². The first-order chi connectivity index (χ1) is 15.7. The normalized spacial score (nSPS) is 14.2. The number of carbonyl (C=O) groups is 1. The van der Waals surface area contributed by atoms with Gasteiger partial charge in [-0.15, -0.1) is 24.0 Å². The number of amides is 1. The molecule has 1 fully saturated rings. The summed E-state index contributed by atoms with van der Waals surface area (Å²) in [6.45, 7) is 5.34. The molecule has 0 bridgehead atoms. The number of aromatic nitrogens is 2. The molecule has 1 N–H and O–H groups in total. The minimum Gasteiger partial charge on any atom is -0.459 e. The van der Waals surface area contributed by atoms with E-state index in [-0.39, 0.29) is 29.9 Å². The van der Waals surface area contributed by atoms with Crippen molar-refractivity contribution in [2.24, 2.45) is 4.99 Å². The minimum absolute atomic E-state index is 0. The van der Waals surface area contributed by atoms with E-state index in [1.54, 1.807) is 19.2 Å². The highest BCUT2D eigenvalue weighted by atomic mass is 127. The molecule has 4 rings (SSSR count). The van der Waals surface area contributed by atoms with Crippen LogP contribution in [0.15, 0.2) is 56.6 Å². The molecular weight excluding hydrogens is 535 g/mol. The van der Waals surface area contributed by atoms with Crippen molar-refractivity contribution in [3.8, 4) is 11.5 Å². The van der Waals surface area contributed by atoms with Gasteiger partial charge in [0.15, 0.2) is 17.5 Å². The second-order valence-electron chi connectivity index (χ2n) is 7.62. The van der Waals surface area contributed by atoms with Crippen LogP contribution in [0.1, 0.15) is 35.3 Å². The lowest BCUT2D eigenvalue weighted by Crippen LogP contribution is -2.53. The highest BCUT2D eigenvalue weighted by Gasteiger charge is 2.25. The maximum Gasteiger partial charge on any atom is 0.289 e. The maximum atomic E-state index is 12.5. The monoisotopic (exact) mass is 564 g/mol. The number of aryl methyl sites for hydroxylation is 1. The number of rotatable bonds is 6. The van der Waals surface area contributed by atoms with Crippen LogP contribution in [0.5, 0.6) is 0 Å². The predicted octanol–water partition coefficient (Wildman–Crippen LogP) is 3.43. The number of nitrogens with one attached hydrogen (secondary N) is 1. The number of halogens is 1. The Morgan fingerprint density at radius 3 is 2.64 bits per heavy atom.